The zero-order valence-corrected chi connectivity index (χ0v) is 14.5. The van der Waals surface area contributed by atoms with Crippen LogP contribution in [-0.2, 0) is 19.1 Å². The molecular formula is C17H28N2O5. The number of ether oxygens (including phenoxy) is 1. The van der Waals surface area contributed by atoms with E-state index < -0.39 is 5.60 Å². The lowest BCUT2D eigenvalue weighted by Gasteiger charge is -2.24. The second kappa shape index (κ2) is 10.2. The molecule has 0 saturated heterocycles. The molecule has 1 aliphatic heterocycles. The standard InChI is InChI=1S/C17H28N2O5/c1-17(2,9-12-20)24-13-10-18-14(21)6-4-3-5-11-19-15(22)7-8-16(19)23/h7-8,20H,3-6,9-13H2,1-2H3,(H,18,21). The summed E-state index contributed by atoms with van der Waals surface area (Å²) in [6.45, 7) is 5.12. The Morgan fingerprint density at radius 3 is 2.50 bits per heavy atom. The average molecular weight is 340 g/mol. The topological polar surface area (TPSA) is 95.9 Å². The number of hydrogen-bond acceptors (Lipinski definition) is 5. The summed E-state index contributed by atoms with van der Waals surface area (Å²) in [6, 6.07) is 0. The number of carbonyl (C=O) groups excluding carboxylic acids is 3. The third-order valence-corrected chi connectivity index (χ3v) is 3.82. The van der Waals surface area contributed by atoms with Gasteiger partial charge in [0.2, 0.25) is 5.91 Å². The van der Waals surface area contributed by atoms with Crippen LogP contribution in [0.15, 0.2) is 12.2 Å². The first-order chi connectivity index (χ1) is 11.4. The Morgan fingerprint density at radius 1 is 1.21 bits per heavy atom. The zero-order valence-electron chi connectivity index (χ0n) is 14.5. The molecule has 0 aromatic carbocycles. The van der Waals surface area contributed by atoms with Crippen molar-refractivity contribution in [2.45, 2.75) is 51.6 Å². The molecule has 136 valence electrons. The predicted octanol–water partition coefficient (Wildman–Crippen LogP) is 0.766. The normalized spacial score (nSPS) is 14.5. The van der Waals surface area contributed by atoms with E-state index in [1.165, 1.54) is 17.1 Å². The molecule has 1 rings (SSSR count). The fourth-order valence-corrected chi connectivity index (χ4v) is 2.33. The van der Waals surface area contributed by atoms with Crippen LogP contribution in [0.3, 0.4) is 0 Å². The third-order valence-electron chi connectivity index (χ3n) is 3.82. The minimum atomic E-state index is -0.390. The molecule has 0 aromatic rings. The Hall–Kier alpha value is -1.73. The SMILES string of the molecule is CC(C)(CCO)OCCNC(=O)CCCCCN1C(=O)C=CC1=O. The minimum Gasteiger partial charge on any atom is -0.396 e. The Morgan fingerprint density at radius 2 is 1.88 bits per heavy atom. The highest BCUT2D eigenvalue weighted by Gasteiger charge is 2.22. The highest BCUT2D eigenvalue weighted by molar-refractivity contribution is 6.12. The molecule has 1 aliphatic rings. The van der Waals surface area contributed by atoms with E-state index in [1.807, 2.05) is 13.8 Å². The van der Waals surface area contributed by atoms with Crippen LogP contribution in [-0.4, -0.2) is 59.6 Å². The van der Waals surface area contributed by atoms with Gasteiger partial charge < -0.3 is 15.2 Å². The number of carbonyl (C=O) groups is 3. The van der Waals surface area contributed by atoms with Gasteiger partial charge in [-0.05, 0) is 33.1 Å². The maximum absolute atomic E-state index is 11.7. The summed E-state index contributed by atoms with van der Waals surface area (Å²) in [5.41, 5.74) is -0.390. The summed E-state index contributed by atoms with van der Waals surface area (Å²) < 4.78 is 5.59. The smallest absolute Gasteiger partial charge is 0.253 e. The summed E-state index contributed by atoms with van der Waals surface area (Å²) in [6.07, 6.45) is 5.72. The van der Waals surface area contributed by atoms with Gasteiger partial charge in [-0.25, -0.2) is 0 Å². The second-order valence-electron chi connectivity index (χ2n) is 6.40. The van der Waals surface area contributed by atoms with E-state index in [9.17, 15) is 14.4 Å². The van der Waals surface area contributed by atoms with E-state index in [0.29, 0.717) is 45.4 Å². The number of imide groups is 1. The third kappa shape index (κ3) is 7.70. The number of hydrogen-bond donors (Lipinski definition) is 2. The summed E-state index contributed by atoms with van der Waals surface area (Å²) in [7, 11) is 0. The number of nitrogens with one attached hydrogen (secondary N) is 1. The molecule has 0 saturated carbocycles. The zero-order chi connectivity index (χ0) is 18.0. The lowest BCUT2D eigenvalue weighted by Crippen LogP contribution is -2.32. The molecule has 0 unspecified atom stereocenters. The maximum Gasteiger partial charge on any atom is 0.253 e. The van der Waals surface area contributed by atoms with Crippen molar-refractivity contribution in [1.29, 1.82) is 0 Å². The second-order valence-corrected chi connectivity index (χ2v) is 6.40. The van der Waals surface area contributed by atoms with Gasteiger partial charge in [0.15, 0.2) is 0 Å². The Labute approximate surface area is 143 Å². The van der Waals surface area contributed by atoms with Crippen molar-refractivity contribution in [3.8, 4) is 0 Å². The average Bonchev–Trinajstić information content (AvgIpc) is 2.83. The van der Waals surface area contributed by atoms with Gasteiger partial charge in [0.1, 0.15) is 0 Å². The fourth-order valence-electron chi connectivity index (χ4n) is 2.33. The summed E-state index contributed by atoms with van der Waals surface area (Å²) in [5, 5.41) is 11.7. The Bertz CT molecular complexity index is 456. The first-order valence-corrected chi connectivity index (χ1v) is 8.41. The molecular weight excluding hydrogens is 312 g/mol. The van der Waals surface area contributed by atoms with Crippen molar-refractivity contribution in [3.05, 3.63) is 12.2 Å². The first-order valence-electron chi connectivity index (χ1n) is 8.41. The fraction of sp³-hybridized carbons (Fsp3) is 0.706. The minimum absolute atomic E-state index is 0.0337. The van der Waals surface area contributed by atoms with Gasteiger partial charge in [0, 0.05) is 38.3 Å². The lowest BCUT2D eigenvalue weighted by atomic mass is 10.1. The number of unbranched alkanes of at least 4 members (excludes halogenated alkanes) is 2. The van der Waals surface area contributed by atoms with Gasteiger partial charge in [0.25, 0.3) is 11.8 Å². The van der Waals surface area contributed by atoms with Gasteiger partial charge in [0.05, 0.1) is 12.2 Å². The maximum atomic E-state index is 11.7. The van der Waals surface area contributed by atoms with E-state index in [0.717, 1.165) is 6.42 Å². The van der Waals surface area contributed by atoms with Crippen LogP contribution in [0.5, 0.6) is 0 Å². The van der Waals surface area contributed by atoms with Crippen molar-refractivity contribution in [3.63, 3.8) is 0 Å². The summed E-state index contributed by atoms with van der Waals surface area (Å²) in [5.74, 6) is -0.558. The molecule has 0 aliphatic carbocycles. The molecule has 24 heavy (non-hydrogen) atoms. The van der Waals surface area contributed by atoms with Gasteiger partial charge in [-0.2, -0.15) is 0 Å². The highest BCUT2D eigenvalue weighted by Crippen LogP contribution is 2.12. The molecule has 0 spiro atoms. The van der Waals surface area contributed by atoms with Crippen LogP contribution in [0, 0.1) is 0 Å². The monoisotopic (exact) mass is 340 g/mol. The summed E-state index contributed by atoms with van der Waals surface area (Å²) >= 11 is 0. The molecule has 7 nitrogen and oxygen atoms in total. The highest BCUT2D eigenvalue weighted by atomic mass is 16.5. The van der Waals surface area contributed by atoms with Crippen molar-refractivity contribution >= 4 is 17.7 Å². The van der Waals surface area contributed by atoms with E-state index >= 15 is 0 Å². The number of aliphatic hydroxyl groups excluding tert-OH is 1. The van der Waals surface area contributed by atoms with Crippen LogP contribution < -0.4 is 5.32 Å². The molecule has 0 aromatic heterocycles. The van der Waals surface area contributed by atoms with E-state index in [4.69, 9.17) is 9.84 Å². The van der Waals surface area contributed by atoms with Crippen LogP contribution in [0.1, 0.15) is 46.0 Å². The van der Waals surface area contributed by atoms with Gasteiger partial charge in [-0.15, -0.1) is 0 Å². The molecule has 7 heteroatoms. The first kappa shape index (κ1) is 20.3. The number of rotatable bonds is 12. The van der Waals surface area contributed by atoms with Crippen LogP contribution >= 0.6 is 0 Å². The Kier molecular flexibility index (Phi) is 8.63. The lowest BCUT2D eigenvalue weighted by molar-refractivity contribution is -0.136. The van der Waals surface area contributed by atoms with Gasteiger partial charge in [-0.1, -0.05) is 6.42 Å². The van der Waals surface area contributed by atoms with Crippen LogP contribution in [0.25, 0.3) is 0 Å². The number of nitrogens with zero attached hydrogens (tertiary/aromatic N) is 1. The molecule has 0 atom stereocenters. The molecule has 1 heterocycles. The number of aliphatic hydroxyl groups is 1. The molecule has 0 fully saturated rings. The van der Waals surface area contributed by atoms with Crippen molar-refractivity contribution in [2.24, 2.45) is 0 Å². The molecule has 0 radical (unpaired) electrons. The summed E-state index contributed by atoms with van der Waals surface area (Å²) in [4.78, 5) is 35.6. The van der Waals surface area contributed by atoms with E-state index in [2.05, 4.69) is 5.32 Å². The van der Waals surface area contributed by atoms with Crippen molar-refractivity contribution in [1.82, 2.24) is 10.2 Å². The largest absolute Gasteiger partial charge is 0.396 e. The van der Waals surface area contributed by atoms with Crippen LogP contribution in [0.4, 0.5) is 0 Å². The molecule has 0 bridgehead atoms. The molecule has 2 N–H and O–H groups in total. The van der Waals surface area contributed by atoms with E-state index in [1.54, 1.807) is 0 Å². The van der Waals surface area contributed by atoms with Crippen LogP contribution in [0.2, 0.25) is 0 Å². The van der Waals surface area contributed by atoms with Crippen molar-refractivity contribution in [2.75, 3.05) is 26.3 Å². The van der Waals surface area contributed by atoms with Crippen molar-refractivity contribution < 1.29 is 24.2 Å². The quantitative estimate of drug-likeness (QED) is 0.404. The van der Waals surface area contributed by atoms with Gasteiger partial charge in [-0.3, -0.25) is 19.3 Å². The molecule has 3 amide bonds. The Balaban J connectivity index is 2.00. The predicted molar refractivity (Wildman–Crippen MR) is 89.1 cm³/mol. The number of amides is 3. The van der Waals surface area contributed by atoms with Gasteiger partial charge >= 0.3 is 0 Å². The van der Waals surface area contributed by atoms with E-state index in [-0.39, 0.29) is 24.3 Å².